The summed E-state index contributed by atoms with van der Waals surface area (Å²) in [5.41, 5.74) is 7.99. The molecule has 2 rings (SSSR count). The Bertz CT molecular complexity index is 606. The van der Waals surface area contributed by atoms with Crippen molar-refractivity contribution in [3.05, 3.63) is 36.2 Å². The number of rotatable bonds is 4. The maximum absolute atomic E-state index is 6.05. The van der Waals surface area contributed by atoms with E-state index in [2.05, 4.69) is 55.0 Å². The number of anilines is 1. The van der Waals surface area contributed by atoms with Crippen LogP contribution in [-0.4, -0.2) is 16.6 Å². The fraction of sp³-hybridized carbons (Fsp3) is 0.375. The van der Waals surface area contributed by atoms with E-state index >= 15 is 0 Å². The zero-order valence-corrected chi connectivity index (χ0v) is 13.7. The van der Waals surface area contributed by atoms with Crippen LogP contribution in [0, 0.1) is 0 Å². The first-order valence-electron chi connectivity index (χ1n) is 6.93. The van der Waals surface area contributed by atoms with Gasteiger partial charge in [-0.05, 0) is 30.0 Å². The third-order valence-electron chi connectivity index (χ3n) is 3.03. The second-order valence-corrected chi connectivity index (χ2v) is 6.77. The van der Waals surface area contributed by atoms with Crippen LogP contribution < -0.4 is 10.5 Å². The average molecular weight is 303 g/mol. The molecule has 0 atom stereocenters. The summed E-state index contributed by atoms with van der Waals surface area (Å²) in [6.07, 6.45) is 1.48. The topological polar surface area (TPSA) is 61.0 Å². The number of hydrogen-bond acceptors (Lipinski definition) is 5. The number of aromatic nitrogens is 2. The van der Waals surface area contributed by atoms with Gasteiger partial charge in [-0.3, -0.25) is 0 Å². The van der Waals surface area contributed by atoms with E-state index in [4.69, 9.17) is 10.5 Å². The van der Waals surface area contributed by atoms with Gasteiger partial charge in [0.1, 0.15) is 17.0 Å². The lowest BCUT2D eigenvalue weighted by Gasteiger charge is -2.19. The standard InChI is InChI=1S/C16H21N3OS/c1-5-20-14-13(17)15(19-10-18-14)21-12-8-6-11(7-9-12)16(2,3)4/h6-10H,5,17H2,1-4H3. The van der Waals surface area contributed by atoms with E-state index in [9.17, 15) is 0 Å². The summed E-state index contributed by atoms with van der Waals surface area (Å²) in [4.78, 5) is 9.37. The molecule has 1 aromatic heterocycles. The van der Waals surface area contributed by atoms with E-state index in [1.165, 1.54) is 23.7 Å². The predicted molar refractivity (Wildman–Crippen MR) is 86.9 cm³/mol. The van der Waals surface area contributed by atoms with Crippen molar-refractivity contribution in [2.45, 2.75) is 43.0 Å². The zero-order chi connectivity index (χ0) is 15.5. The molecular formula is C16H21N3OS. The molecular weight excluding hydrogens is 282 g/mol. The Morgan fingerprint density at radius 1 is 1.14 bits per heavy atom. The Balaban J connectivity index is 2.20. The van der Waals surface area contributed by atoms with Gasteiger partial charge in [0.2, 0.25) is 5.88 Å². The molecule has 5 heteroatoms. The Hall–Kier alpha value is -1.75. The van der Waals surface area contributed by atoms with E-state index < -0.39 is 0 Å². The predicted octanol–water partition coefficient (Wildman–Crippen LogP) is 3.91. The Morgan fingerprint density at radius 2 is 1.81 bits per heavy atom. The SMILES string of the molecule is CCOc1ncnc(Sc2ccc(C(C)(C)C)cc2)c1N. The van der Waals surface area contributed by atoms with Crippen molar-refractivity contribution in [2.24, 2.45) is 0 Å². The normalized spacial score (nSPS) is 11.4. The Morgan fingerprint density at radius 3 is 2.38 bits per heavy atom. The third-order valence-corrected chi connectivity index (χ3v) is 4.05. The molecule has 1 heterocycles. The molecule has 0 radical (unpaired) electrons. The van der Waals surface area contributed by atoms with Crippen molar-refractivity contribution in [2.75, 3.05) is 12.3 Å². The minimum atomic E-state index is 0.152. The Labute approximate surface area is 130 Å². The quantitative estimate of drug-likeness (QED) is 0.868. The van der Waals surface area contributed by atoms with Crippen LogP contribution >= 0.6 is 11.8 Å². The second-order valence-electron chi connectivity index (χ2n) is 5.71. The van der Waals surface area contributed by atoms with E-state index in [0.717, 1.165) is 9.92 Å². The van der Waals surface area contributed by atoms with Crippen LogP contribution in [0.3, 0.4) is 0 Å². The van der Waals surface area contributed by atoms with Crippen molar-refractivity contribution in [3.63, 3.8) is 0 Å². The smallest absolute Gasteiger partial charge is 0.241 e. The van der Waals surface area contributed by atoms with Crippen LogP contribution in [0.25, 0.3) is 0 Å². The average Bonchev–Trinajstić information content (AvgIpc) is 2.43. The molecule has 0 saturated heterocycles. The first-order valence-corrected chi connectivity index (χ1v) is 7.75. The second kappa shape index (κ2) is 6.35. The van der Waals surface area contributed by atoms with Gasteiger partial charge in [-0.2, -0.15) is 4.98 Å². The third kappa shape index (κ3) is 3.88. The minimum absolute atomic E-state index is 0.152. The summed E-state index contributed by atoms with van der Waals surface area (Å²) in [5, 5.41) is 0.719. The molecule has 2 aromatic rings. The molecule has 0 aliphatic carbocycles. The molecule has 4 nitrogen and oxygen atoms in total. The highest BCUT2D eigenvalue weighted by atomic mass is 32.2. The monoisotopic (exact) mass is 303 g/mol. The van der Waals surface area contributed by atoms with Crippen molar-refractivity contribution in [1.82, 2.24) is 9.97 Å². The van der Waals surface area contributed by atoms with E-state index in [1.807, 2.05) is 6.92 Å². The lowest BCUT2D eigenvalue weighted by Crippen LogP contribution is -2.10. The summed E-state index contributed by atoms with van der Waals surface area (Å²) in [7, 11) is 0. The summed E-state index contributed by atoms with van der Waals surface area (Å²) >= 11 is 1.52. The van der Waals surface area contributed by atoms with Gasteiger partial charge in [0.25, 0.3) is 0 Å². The van der Waals surface area contributed by atoms with Gasteiger partial charge in [0, 0.05) is 4.90 Å². The maximum Gasteiger partial charge on any atom is 0.241 e. The number of nitrogens with two attached hydrogens (primary N) is 1. The minimum Gasteiger partial charge on any atom is -0.476 e. The van der Waals surface area contributed by atoms with Crippen LogP contribution in [0.15, 0.2) is 40.5 Å². The highest BCUT2D eigenvalue weighted by molar-refractivity contribution is 7.99. The lowest BCUT2D eigenvalue weighted by atomic mass is 9.87. The molecule has 0 aliphatic heterocycles. The molecule has 0 fully saturated rings. The van der Waals surface area contributed by atoms with E-state index in [0.29, 0.717) is 18.2 Å². The van der Waals surface area contributed by atoms with Crippen molar-refractivity contribution < 1.29 is 4.74 Å². The molecule has 0 bridgehead atoms. The lowest BCUT2D eigenvalue weighted by molar-refractivity contribution is 0.327. The Kier molecular flexibility index (Phi) is 4.73. The van der Waals surface area contributed by atoms with Crippen LogP contribution in [0.2, 0.25) is 0 Å². The molecule has 112 valence electrons. The summed E-state index contributed by atoms with van der Waals surface area (Å²) in [6, 6.07) is 8.46. The van der Waals surface area contributed by atoms with Gasteiger partial charge >= 0.3 is 0 Å². The van der Waals surface area contributed by atoms with Crippen LogP contribution in [0.5, 0.6) is 5.88 Å². The van der Waals surface area contributed by atoms with Gasteiger partial charge < -0.3 is 10.5 Å². The molecule has 1 aromatic carbocycles. The molecule has 21 heavy (non-hydrogen) atoms. The number of hydrogen-bond donors (Lipinski definition) is 1. The van der Waals surface area contributed by atoms with Gasteiger partial charge in [0.05, 0.1) is 6.61 Å². The van der Waals surface area contributed by atoms with Crippen LogP contribution in [0.1, 0.15) is 33.3 Å². The molecule has 0 saturated carbocycles. The van der Waals surface area contributed by atoms with E-state index in [1.54, 1.807) is 0 Å². The van der Waals surface area contributed by atoms with Crippen LogP contribution in [-0.2, 0) is 5.41 Å². The molecule has 0 spiro atoms. The zero-order valence-electron chi connectivity index (χ0n) is 12.9. The van der Waals surface area contributed by atoms with Crippen molar-refractivity contribution >= 4 is 17.4 Å². The first-order chi connectivity index (χ1) is 9.91. The first kappa shape index (κ1) is 15.6. The van der Waals surface area contributed by atoms with E-state index in [-0.39, 0.29) is 5.41 Å². The maximum atomic E-state index is 6.05. The number of ether oxygens (including phenoxy) is 1. The largest absolute Gasteiger partial charge is 0.476 e. The van der Waals surface area contributed by atoms with Gasteiger partial charge in [-0.25, -0.2) is 4.98 Å². The molecule has 2 N–H and O–H groups in total. The fourth-order valence-corrected chi connectivity index (χ4v) is 2.62. The van der Waals surface area contributed by atoms with Gasteiger partial charge in [0.15, 0.2) is 0 Å². The number of nitrogen functional groups attached to an aromatic ring is 1. The van der Waals surface area contributed by atoms with Crippen molar-refractivity contribution in [1.29, 1.82) is 0 Å². The molecule has 0 aliphatic rings. The number of nitrogens with zero attached hydrogens (tertiary/aromatic N) is 2. The van der Waals surface area contributed by atoms with Crippen molar-refractivity contribution in [3.8, 4) is 5.88 Å². The molecule has 0 amide bonds. The summed E-state index contributed by atoms with van der Waals surface area (Å²) in [6.45, 7) is 9.04. The fourth-order valence-electron chi connectivity index (χ4n) is 1.83. The highest BCUT2D eigenvalue weighted by Crippen LogP contribution is 2.34. The van der Waals surface area contributed by atoms with Gasteiger partial charge in [-0.1, -0.05) is 44.7 Å². The van der Waals surface area contributed by atoms with Crippen LogP contribution in [0.4, 0.5) is 5.69 Å². The highest BCUT2D eigenvalue weighted by Gasteiger charge is 2.14. The summed E-state index contributed by atoms with van der Waals surface area (Å²) in [5.74, 6) is 0.446. The number of benzene rings is 1. The summed E-state index contributed by atoms with van der Waals surface area (Å²) < 4.78 is 5.39. The van der Waals surface area contributed by atoms with Gasteiger partial charge in [-0.15, -0.1) is 0 Å². The molecule has 0 unspecified atom stereocenters.